The number of carbonyl (C=O) groups is 3. The van der Waals surface area contributed by atoms with Crippen molar-refractivity contribution in [3.05, 3.63) is 114 Å². The molecule has 5 aromatic rings. The number of hydrogen-bond acceptors (Lipinski definition) is 8. The quantitative estimate of drug-likeness (QED) is 0.219. The van der Waals surface area contributed by atoms with E-state index in [1.54, 1.807) is 41.9 Å². The summed E-state index contributed by atoms with van der Waals surface area (Å²) in [6, 6.07) is 25.5. The van der Waals surface area contributed by atoms with Gasteiger partial charge in [-0.05, 0) is 55.5 Å². The van der Waals surface area contributed by atoms with Crippen molar-refractivity contribution in [1.82, 2.24) is 14.5 Å². The molecule has 0 unspecified atom stereocenters. The first-order valence-corrected chi connectivity index (χ1v) is 13.3. The van der Waals surface area contributed by atoms with Gasteiger partial charge in [-0.1, -0.05) is 30.3 Å². The summed E-state index contributed by atoms with van der Waals surface area (Å²) in [6.07, 6.45) is 2.28. The Kier molecular flexibility index (Phi) is 7.16. The van der Waals surface area contributed by atoms with E-state index in [2.05, 4.69) is 21.8 Å². The van der Waals surface area contributed by atoms with Crippen LogP contribution < -0.4 is 15.4 Å². The molecule has 2 N–H and O–H groups in total. The van der Waals surface area contributed by atoms with Crippen LogP contribution in [0.5, 0.6) is 11.5 Å². The number of aryl methyl sites for hydroxylation is 1. The molecule has 2 aromatic heterocycles. The number of benzene rings is 3. The fourth-order valence-corrected chi connectivity index (χ4v) is 4.82. The molecule has 3 amide bonds. The molecule has 43 heavy (non-hydrogen) atoms. The zero-order valence-electron chi connectivity index (χ0n) is 22.9. The summed E-state index contributed by atoms with van der Waals surface area (Å²) >= 11 is 0. The number of anilines is 3. The molecular formula is C32H24N6O5. The largest absolute Gasteiger partial charge is 0.457 e. The molecule has 0 saturated carbocycles. The van der Waals surface area contributed by atoms with Crippen LogP contribution >= 0.6 is 0 Å². The Morgan fingerprint density at radius 3 is 2.26 bits per heavy atom. The molecule has 0 fully saturated rings. The number of aromatic nitrogens is 2. The van der Waals surface area contributed by atoms with Crippen LogP contribution in [0.2, 0.25) is 0 Å². The van der Waals surface area contributed by atoms with Crippen LogP contribution in [-0.2, 0) is 4.74 Å². The molecule has 212 valence electrons. The average Bonchev–Trinajstić information content (AvgIpc) is 3.47. The molecule has 1 aliphatic rings. The Bertz CT molecular complexity index is 1880. The minimum Gasteiger partial charge on any atom is -0.457 e. The van der Waals surface area contributed by atoms with Crippen molar-refractivity contribution < 1.29 is 23.9 Å². The number of amides is 3. The van der Waals surface area contributed by atoms with Gasteiger partial charge >= 0.3 is 6.09 Å². The highest BCUT2D eigenvalue weighted by molar-refractivity contribution is 6.21. The summed E-state index contributed by atoms with van der Waals surface area (Å²) in [5, 5.41) is 20.1. The number of nitrogens with one attached hydrogen (secondary N) is 2. The van der Waals surface area contributed by atoms with E-state index < -0.39 is 17.9 Å². The molecule has 0 aliphatic carbocycles. The Balaban J connectivity index is 1.14. The molecule has 0 saturated heterocycles. The molecule has 1 aliphatic heterocycles. The van der Waals surface area contributed by atoms with Crippen molar-refractivity contribution in [3.8, 4) is 17.6 Å². The zero-order valence-corrected chi connectivity index (χ0v) is 22.9. The van der Waals surface area contributed by atoms with Crippen LogP contribution in [0, 0.1) is 18.3 Å². The maximum atomic E-state index is 12.6. The molecule has 3 aromatic carbocycles. The normalized spacial score (nSPS) is 12.1. The van der Waals surface area contributed by atoms with Gasteiger partial charge in [0.2, 0.25) is 0 Å². The van der Waals surface area contributed by atoms with Gasteiger partial charge in [-0.3, -0.25) is 19.8 Å². The summed E-state index contributed by atoms with van der Waals surface area (Å²) < 4.78 is 12.7. The van der Waals surface area contributed by atoms with Gasteiger partial charge in [-0.2, -0.15) is 10.4 Å². The van der Waals surface area contributed by atoms with E-state index in [1.807, 2.05) is 54.6 Å². The maximum Gasteiger partial charge on any atom is 0.411 e. The molecule has 0 radical (unpaired) electrons. The highest BCUT2D eigenvalue weighted by Gasteiger charge is 2.34. The summed E-state index contributed by atoms with van der Waals surface area (Å²) in [6.45, 7) is 1.53. The summed E-state index contributed by atoms with van der Waals surface area (Å²) in [4.78, 5) is 38.7. The van der Waals surface area contributed by atoms with E-state index in [0.717, 1.165) is 10.6 Å². The number of carbonyl (C=O) groups excluding carboxylic acids is 3. The second kappa shape index (κ2) is 11.4. The van der Waals surface area contributed by atoms with E-state index >= 15 is 0 Å². The predicted octanol–water partition coefficient (Wildman–Crippen LogP) is 5.90. The number of imide groups is 1. The Morgan fingerprint density at radius 1 is 0.930 bits per heavy atom. The second-order valence-electron chi connectivity index (χ2n) is 9.64. The standard InChI is InChI=1S/C32H24N6O5/c1-20-27(36-32(41)42-16-15-37-30(39)25-9-5-6-10-26(25)31(37)40)19-38-29(20)28(21(17-33)18-34-38)35-22-11-13-24(14-12-22)43-23-7-3-2-4-8-23/h2-14,18-19,35H,15-16H2,1H3,(H,36,41). The van der Waals surface area contributed by atoms with Gasteiger partial charge < -0.3 is 14.8 Å². The number of hydrogen-bond donors (Lipinski definition) is 2. The minimum atomic E-state index is -0.764. The average molecular weight is 573 g/mol. The second-order valence-corrected chi connectivity index (χ2v) is 9.64. The van der Waals surface area contributed by atoms with Gasteiger partial charge in [-0.25, -0.2) is 9.31 Å². The lowest BCUT2D eigenvalue weighted by molar-refractivity contribution is 0.0611. The zero-order chi connectivity index (χ0) is 29.9. The van der Waals surface area contributed by atoms with Crippen molar-refractivity contribution in [3.63, 3.8) is 0 Å². The number of nitrogens with zero attached hydrogens (tertiary/aromatic N) is 4. The molecule has 3 heterocycles. The predicted molar refractivity (Wildman–Crippen MR) is 158 cm³/mol. The Morgan fingerprint density at radius 2 is 1.58 bits per heavy atom. The first-order chi connectivity index (χ1) is 20.9. The number of para-hydroxylation sites is 1. The van der Waals surface area contributed by atoms with E-state index in [9.17, 15) is 19.6 Å². The summed E-state index contributed by atoms with van der Waals surface area (Å²) in [5.74, 6) is 0.537. The lowest BCUT2D eigenvalue weighted by Crippen LogP contribution is -2.33. The third-order valence-electron chi connectivity index (χ3n) is 6.94. The lowest BCUT2D eigenvalue weighted by Gasteiger charge is -2.14. The molecular weight excluding hydrogens is 548 g/mol. The molecule has 0 atom stereocenters. The molecule has 11 heteroatoms. The smallest absolute Gasteiger partial charge is 0.411 e. The van der Waals surface area contributed by atoms with E-state index in [4.69, 9.17) is 9.47 Å². The van der Waals surface area contributed by atoms with Crippen LogP contribution in [0.1, 0.15) is 31.8 Å². The van der Waals surface area contributed by atoms with E-state index in [0.29, 0.717) is 50.6 Å². The van der Waals surface area contributed by atoms with Crippen molar-refractivity contribution in [1.29, 1.82) is 5.26 Å². The topological polar surface area (TPSA) is 138 Å². The van der Waals surface area contributed by atoms with E-state index in [1.165, 1.54) is 6.20 Å². The number of rotatable bonds is 8. The minimum absolute atomic E-state index is 0.0766. The highest BCUT2D eigenvalue weighted by atomic mass is 16.5. The Labute approximate surface area is 245 Å². The van der Waals surface area contributed by atoms with Gasteiger partial charge in [0.25, 0.3) is 11.8 Å². The Hall–Kier alpha value is -6.15. The van der Waals surface area contributed by atoms with Gasteiger partial charge in [0.05, 0.1) is 52.5 Å². The van der Waals surface area contributed by atoms with Gasteiger partial charge in [0, 0.05) is 11.3 Å². The number of nitriles is 1. The van der Waals surface area contributed by atoms with Crippen molar-refractivity contribution in [2.75, 3.05) is 23.8 Å². The van der Waals surface area contributed by atoms with Crippen molar-refractivity contribution in [2.24, 2.45) is 0 Å². The van der Waals surface area contributed by atoms with Crippen LogP contribution in [0.25, 0.3) is 5.52 Å². The first kappa shape index (κ1) is 27.0. The fraction of sp³-hybridized carbons (Fsp3) is 0.0938. The first-order valence-electron chi connectivity index (χ1n) is 13.3. The summed E-state index contributed by atoms with van der Waals surface area (Å²) in [5.41, 5.74) is 3.86. The monoisotopic (exact) mass is 572 g/mol. The van der Waals surface area contributed by atoms with Crippen LogP contribution in [0.4, 0.5) is 21.9 Å². The molecule has 0 spiro atoms. The SMILES string of the molecule is Cc1c(NC(=O)OCCN2C(=O)c3ccccc3C2=O)cn2ncc(C#N)c(Nc3ccc(Oc4ccccc4)cc3)c12. The van der Waals surface area contributed by atoms with Crippen LogP contribution in [-0.4, -0.2) is 45.6 Å². The fourth-order valence-electron chi connectivity index (χ4n) is 4.82. The molecule has 0 bridgehead atoms. The molecule has 11 nitrogen and oxygen atoms in total. The van der Waals surface area contributed by atoms with Gasteiger partial charge in [0.15, 0.2) is 0 Å². The van der Waals surface area contributed by atoms with Gasteiger partial charge in [-0.15, -0.1) is 0 Å². The summed E-state index contributed by atoms with van der Waals surface area (Å²) in [7, 11) is 0. The lowest BCUT2D eigenvalue weighted by atomic mass is 10.1. The number of ether oxygens (including phenoxy) is 2. The number of fused-ring (bicyclic) bond motifs is 2. The third kappa shape index (κ3) is 5.32. The van der Waals surface area contributed by atoms with Crippen molar-refractivity contribution >= 4 is 40.5 Å². The van der Waals surface area contributed by atoms with Gasteiger partial charge in [0.1, 0.15) is 24.2 Å². The maximum absolute atomic E-state index is 12.6. The molecule has 6 rings (SSSR count). The van der Waals surface area contributed by atoms with Crippen LogP contribution in [0.3, 0.4) is 0 Å². The van der Waals surface area contributed by atoms with E-state index in [-0.39, 0.29) is 13.2 Å². The third-order valence-corrected chi connectivity index (χ3v) is 6.94. The highest BCUT2D eigenvalue weighted by Crippen LogP contribution is 2.33. The van der Waals surface area contributed by atoms with Crippen molar-refractivity contribution in [2.45, 2.75) is 6.92 Å². The van der Waals surface area contributed by atoms with Crippen LogP contribution in [0.15, 0.2) is 91.3 Å².